The minimum atomic E-state index is 0.668. The predicted molar refractivity (Wildman–Crippen MR) is 200 cm³/mol. The molecule has 0 spiro atoms. The summed E-state index contributed by atoms with van der Waals surface area (Å²) < 4.78 is 0. The van der Waals surface area contributed by atoms with Gasteiger partial charge in [-0.25, -0.2) is 0 Å². The Morgan fingerprint density at radius 2 is 1.82 bits per heavy atom. The summed E-state index contributed by atoms with van der Waals surface area (Å²) in [6.07, 6.45) is 30.3. The van der Waals surface area contributed by atoms with Crippen LogP contribution in [0.5, 0.6) is 0 Å². The number of terminal acetylenes is 1. The molecule has 1 N–H and O–H groups in total. The lowest BCUT2D eigenvalue weighted by molar-refractivity contribution is 0.211. The van der Waals surface area contributed by atoms with Gasteiger partial charge >= 0.3 is 0 Å². The number of anilines is 2. The summed E-state index contributed by atoms with van der Waals surface area (Å²) in [4.78, 5) is 5.09. The van der Waals surface area contributed by atoms with Crippen LogP contribution in [0.2, 0.25) is 0 Å². The van der Waals surface area contributed by atoms with Crippen molar-refractivity contribution in [3.05, 3.63) is 138 Å². The first kappa shape index (κ1) is 37.0. The lowest BCUT2D eigenvalue weighted by atomic mass is 9.89. The van der Waals surface area contributed by atoms with Crippen molar-refractivity contribution in [3.63, 3.8) is 0 Å². The zero-order valence-electron chi connectivity index (χ0n) is 28.3. The molecule has 1 fully saturated rings. The molecule has 2 aromatic carbocycles. The number of hydrogen-bond acceptors (Lipinski definition) is 3. The van der Waals surface area contributed by atoms with Crippen molar-refractivity contribution in [3.8, 4) is 12.8 Å². The van der Waals surface area contributed by atoms with Crippen LogP contribution in [0.4, 0.5) is 11.4 Å². The van der Waals surface area contributed by atoms with Crippen LogP contribution < -0.4 is 10.2 Å². The molecule has 1 saturated heterocycles. The number of allylic oxidation sites excluding steroid dienone is 8. The minimum absolute atomic E-state index is 0.668. The first-order valence-corrected chi connectivity index (χ1v) is 16.3. The molecule has 1 heterocycles. The van der Waals surface area contributed by atoms with Gasteiger partial charge in [0.2, 0.25) is 0 Å². The quantitative estimate of drug-likeness (QED) is 0.148. The topological polar surface area (TPSA) is 18.5 Å². The van der Waals surface area contributed by atoms with Crippen molar-refractivity contribution in [2.24, 2.45) is 0 Å². The molecule has 238 valence electrons. The Morgan fingerprint density at radius 3 is 2.44 bits per heavy atom. The Labute approximate surface area is 275 Å². The Hall–Kier alpha value is -4.22. The molecular formula is C42H55N3. The van der Waals surface area contributed by atoms with E-state index in [0.29, 0.717) is 5.92 Å². The van der Waals surface area contributed by atoms with Gasteiger partial charge in [0.15, 0.2) is 0 Å². The Morgan fingerprint density at radius 1 is 1.09 bits per heavy atom. The average Bonchev–Trinajstić information content (AvgIpc) is 3.10. The number of likely N-dealkylation sites (tertiary alicyclic amines) is 1. The number of hydrogen-bond donors (Lipinski definition) is 1. The van der Waals surface area contributed by atoms with Crippen molar-refractivity contribution >= 4 is 11.4 Å². The molecule has 0 atom stereocenters. The summed E-state index contributed by atoms with van der Waals surface area (Å²) in [5.74, 6) is 0.668. The number of rotatable bonds is 12. The largest absolute Gasteiger partial charge is 0.388 e. The molecular weight excluding hydrogens is 546 g/mol. The van der Waals surface area contributed by atoms with Crippen LogP contribution >= 0.6 is 0 Å². The lowest BCUT2D eigenvalue weighted by Gasteiger charge is -2.34. The third kappa shape index (κ3) is 12.4. The first-order valence-electron chi connectivity index (χ1n) is 16.3. The van der Waals surface area contributed by atoms with Gasteiger partial charge in [-0.05, 0) is 131 Å². The summed E-state index contributed by atoms with van der Waals surface area (Å²) in [6.45, 7) is 18.5. The summed E-state index contributed by atoms with van der Waals surface area (Å²) in [5.41, 5.74) is 11.5. The van der Waals surface area contributed by atoms with E-state index in [9.17, 15) is 0 Å². The second-order valence-corrected chi connectivity index (χ2v) is 11.3. The van der Waals surface area contributed by atoms with Crippen LogP contribution in [-0.4, -0.2) is 38.1 Å². The van der Waals surface area contributed by atoms with Gasteiger partial charge in [-0.2, -0.15) is 0 Å². The van der Waals surface area contributed by atoms with Crippen molar-refractivity contribution < 1.29 is 0 Å². The highest BCUT2D eigenvalue weighted by atomic mass is 15.2. The van der Waals surface area contributed by atoms with Crippen molar-refractivity contribution in [2.75, 3.05) is 43.4 Å². The number of nitrogens with zero attached hydrogens (tertiary/aromatic N) is 2. The maximum absolute atomic E-state index is 4.59. The van der Waals surface area contributed by atoms with E-state index in [1.807, 2.05) is 14.0 Å². The molecule has 4 rings (SSSR count). The fourth-order valence-electron chi connectivity index (χ4n) is 5.81. The molecule has 2 aromatic rings. The fraction of sp³-hybridized carbons (Fsp3) is 0.357. The first-order chi connectivity index (χ1) is 22.0. The van der Waals surface area contributed by atoms with E-state index in [-0.39, 0.29) is 0 Å². The lowest BCUT2D eigenvalue weighted by Crippen LogP contribution is -2.35. The molecule has 0 unspecified atom stereocenters. The van der Waals surface area contributed by atoms with E-state index in [4.69, 9.17) is 0 Å². The normalized spacial score (nSPS) is 15.1. The van der Waals surface area contributed by atoms with Crippen molar-refractivity contribution in [1.29, 1.82) is 0 Å². The summed E-state index contributed by atoms with van der Waals surface area (Å²) in [7, 11) is 2.00. The van der Waals surface area contributed by atoms with Crippen molar-refractivity contribution in [1.82, 2.24) is 4.90 Å². The molecule has 0 bridgehead atoms. The van der Waals surface area contributed by atoms with E-state index in [1.54, 1.807) is 6.08 Å². The molecule has 45 heavy (non-hydrogen) atoms. The number of nitrogens with one attached hydrogen (secondary N) is 1. The third-order valence-electron chi connectivity index (χ3n) is 8.39. The van der Waals surface area contributed by atoms with Crippen LogP contribution in [-0.2, 0) is 0 Å². The van der Waals surface area contributed by atoms with Crippen LogP contribution in [0.3, 0.4) is 0 Å². The zero-order chi connectivity index (χ0) is 32.9. The molecule has 0 aromatic heterocycles. The Balaban J connectivity index is 0.00000109. The second kappa shape index (κ2) is 21.5. The molecule has 3 nitrogen and oxygen atoms in total. The Bertz CT molecular complexity index is 1370. The highest BCUT2D eigenvalue weighted by Gasteiger charge is 2.21. The third-order valence-corrected chi connectivity index (χ3v) is 8.39. The van der Waals surface area contributed by atoms with Crippen LogP contribution in [0.25, 0.3) is 0 Å². The maximum Gasteiger partial charge on any atom is 0.0440 e. The summed E-state index contributed by atoms with van der Waals surface area (Å²) in [6, 6.07) is 17.6. The van der Waals surface area contributed by atoms with E-state index in [2.05, 4.69) is 146 Å². The van der Waals surface area contributed by atoms with Crippen LogP contribution in [0.15, 0.2) is 127 Å². The van der Waals surface area contributed by atoms with Gasteiger partial charge in [0.05, 0.1) is 0 Å². The molecule has 0 radical (unpaired) electrons. The average molecular weight is 602 g/mol. The smallest absolute Gasteiger partial charge is 0.0440 e. The predicted octanol–water partition coefficient (Wildman–Crippen LogP) is 10.4. The molecule has 1 aliphatic heterocycles. The SMILES string of the molecule is C#C.C=C(C(/C=C\CC1=CCCC=C1)=C/C)N(CCCN1CCC(c2cccc(NC)c2)CC1)c1ccccc1C.C=C=CC. The van der Waals surface area contributed by atoms with Crippen LogP contribution in [0.1, 0.15) is 69.4 Å². The van der Waals surface area contributed by atoms with E-state index in [1.165, 1.54) is 59.6 Å². The molecule has 2 aliphatic rings. The van der Waals surface area contributed by atoms with Gasteiger partial charge in [-0.15, -0.1) is 18.6 Å². The van der Waals surface area contributed by atoms with Gasteiger partial charge < -0.3 is 15.1 Å². The maximum atomic E-state index is 4.59. The molecule has 0 amide bonds. The van der Waals surface area contributed by atoms with Gasteiger partial charge in [0.1, 0.15) is 0 Å². The van der Waals surface area contributed by atoms with Crippen LogP contribution in [0, 0.1) is 19.8 Å². The number of piperidine rings is 1. The number of para-hydroxylation sites is 1. The van der Waals surface area contributed by atoms with Gasteiger partial charge in [-0.3, -0.25) is 0 Å². The van der Waals surface area contributed by atoms with E-state index in [0.717, 1.165) is 44.5 Å². The van der Waals surface area contributed by atoms with Gasteiger partial charge in [0, 0.05) is 30.7 Å². The van der Waals surface area contributed by atoms with Gasteiger partial charge in [-0.1, -0.05) is 79.9 Å². The summed E-state index contributed by atoms with van der Waals surface area (Å²) >= 11 is 0. The zero-order valence-corrected chi connectivity index (χ0v) is 28.3. The van der Waals surface area contributed by atoms with Gasteiger partial charge in [0.25, 0.3) is 0 Å². The summed E-state index contributed by atoms with van der Waals surface area (Å²) in [5, 5.41) is 3.28. The molecule has 3 heteroatoms. The molecule has 0 saturated carbocycles. The highest BCUT2D eigenvalue weighted by Crippen LogP contribution is 2.31. The monoisotopic (exact) mass is 601 g/mol. The molecule has 1 aliphatic carbocycles. The fourth-order valence-corrected chi connectivity index (χ4v) is 5.81. The van der Waals surface area contributed by atoms with E-state index >= 15 is 0 Å². The Kier molecular flexibility index (Phi) is 17.6. The minimum Gasteiger partial charge on any atom is -0.388 e. The second-order valence-electron chi connectivity index (χ2n) is 11.3. The number of aryl methyl sites for hydroxylation is 1. The van der Waals surface area contributed by atoms with Crippen molar-refractivity contribution in [2.45, 2.75) is 65.2 Å². The number of benzene rings is 2. The highest BCUT2D eigenvalue weighted by molar-refractivity contribution is 5.62. The van der Waals surface area contributed by atoms with E-state index < -0.39 is 0 Å². The standard InChI is InChI=1S/C36H47N3.C4H6.C2H2/c1-5-32(18-11-17-31-15-7-6-8-16-31)30(3)39(36-21-10-9-14-29(36)2)25-13-24-38-26-22-33(23-27-38)34-19-12-20-35(28-34)37-4;1-3-4-2;1-2/h5,7,9-12,14-16,18-21,28,33,37H,3,6,8,13,17,22-27H2,1-2,4H3;4H,1H2,2H3;1-2H/b18-11-,32-5+;;.